The van der Waals surface area contributed by atoms with Crippen LogP contribution in [0.2, 0.25) is 10.0 Å². The van der Waals surface area contributed by atoms with Crippen molar-refractivity contribution in [1.82, 2.24) is 10.3 Å². The number of carbonyl (C=O) groups is 2. The number of aromatic nitrogens is 1. The fraction of sp³-hybridized carbons (Fsp3) is 0.259. The molecule has 224 valence electrons. The highest BCUT2D eigenvalue weighted by Gasteiger charge is 2.40. The van der Waals surface area contributed by atoms with E-state index < -0.39 is 49.0 Å². The maximum absolute atomic E-state index is 13.9. The molecule has 1 aliphatic carbocycles. The summed E-state index contributed by atoms with van der Waals surface area (Å²) in [6.45, 7) is 2.14. The van der Waals surface area contributed by atoms with Gasteiger partial charge in [-0.3, -0.25) is 24.3 Å². The number of halogens is 2. The molecular formula is C27H24Cl2N6O7S. The van der Waals surface area contributed by atoms with Crippen molar-refractivity contribution in [2.24, 2.45) is 11.0 Å². The lowest BCUT2D eigenvalue weighted by molar-refractivity contribution is -0.385. The molecule has 13 nitrogen and oxygen atoms in total. The van der Waals surface area contributed by atoms with E-state index in [1.165, 1.54) is 18.3 Å². The first-order valence-electron chi connectivity index (χ1n) is 13.0. The number of hydrazone groups is 1. The van der Waals surface area contributed by atoms with Crippen LogP contribution in [0.4, 0.5) is 17.2 Å². The van der Waals surface area contributed by atoms with Gasteiger partial charge in [0, 0.05) is 30.3 Å². The van der Waals surface area contributed by atoms with Gasteiger partial charge in [-0.25, -0.2) is 9.99 Å². The monoisotopic (exact) mass is 646 g/mol. The third-order valence-electron chi connectivity index (χ3n) is 6.98. The van der Waals surface area contributed by atoms with E-state index in [1.807, 2.05) is 0 Å². The number of hydrogen-bond acceptors (Lipinski definition) is 9. The maximum Gasteiger partial charge on any atom is 0.295 e. The molecule has 2 aliphatic rings. The predicted octanol–water partition coefficient (Wildman–Crippen LogP) is 4.61. The zero-order chi connectivity index (χ0) is 31.1. The van der Waals surface area contributed by atoms with E-state index in [9.17, 15) is 32.7 Å². The van der Waals surface area contributed by atoms with Gasteiger partial charge in [0.15, 0.2) is 5.82 Å². The van der Waals surface area contributed by atoms with Crippen molar-refractivity contribution in [3.05, 3.63) is 85.5 Å². The molecule has 0 radical (unpaired) electrons. The molecule has 3 N–H and O–H groups in total. The highest BCUT2D eigenvalue weighted by molar-refractivity contribution is 7.86. The van der Waals surface area contributed by atoms with E-state index in [-0.39, 0.29) is 39.2 Å². The minimum Gasteiger partial charge on any atom is -0.352 e. The fourth-order valence-electron chi connectivity index (χ4n) is 4.73. The molecule has 1 aliphatic heterocycles. The number of anilines is 2. The number of nitrogens with zero attached hydrogens (tertiary/aromatic N) is 4. The van der Waals surface area contributed by atoms with Crippen molar-refractivity contribution in [3.8, 4) is 0 Å². The Morgan fingerprint density at radius 3 is 2.58 bits per heavy atom. The van der Waals surface area contributed by atoms with Gasteiger partial charge in [-0.15, -0.1) is 0 Å². The summed E-state index contributed by atoms with van der Waals surface area (Å²) in [6, 6.07) is 7.95. The molecule has 5 rings (SSSR count). The van der Waals surface area contributed by atoms with Crippen LogP contribution in [0, 0.1) is 23.0 Å². The van der Waals surface area contributed by atoms with E-state index in [0.717, 1.165) is 36.0 Å². The molecule has 1 aromatic heterocycles. The second-order valence-electron chi connectivity index (χ2n) is 10.1. The average molecular weight is 647 g/mol. The second-order valence-corrected chi connectivity index (χ2v) is 12.3. The predicted molar refractivity (Wildman–Crippen MR) is 159 cm³/mol. The summed E-state index contributed by atoms with van der Waals surface area (Å²) in [4.78, 5) is 41.5. The molecule has 0 spiro atoms. The summed E-state index contributed by atoms with van der Waals surface area (Å²) in [5.41, 5.74) is -0.501. The molecule has 1 unspecified atom stereocenters. The molecule has 3 aromatic rings. The third kappa shape index (κ3) is 6.46. The van der Waals surface area contributed by atoms with Crippen LogP contribution < -0.4 is 15.6 Å². The van der Waals surface area contributed by atoms with Gasteiger partial charge in [0.05, 0.1) is 32.5 Å². The quantitative estimate of drug-likeness (QED) is 0.170. The summed E-state index contributed by atoms with van der Waals surface area (Å²) < 4.78 is 34.3. The maximum atomic E-state index is 13.9. The lowest BCUT2D eigenvalue weighted by Gasteiger charge is -2.23. The highest BCUT2D eigenvalue weighted by atomic mass is 35.5. The van der Waals surface area contributed by atoms with Crippen LogP contribution >= 0.6 is 23.2 Å². The largest absolute Gasteiger partial charge is 0.352 e. The molecule has 2 aromatic carbocycles. The Hall–Kier alpha value is -4.11. The van der Waals surface area contributed by atoms with E-state index in [0.29, 0.717) is 18.0 Å². The van der Waals surface area contributed by atoms with Crippen molar-refractivity contribution in [1.29, 1.82) is 0 Å². The minimum atomic E-state index is -4.94. The Labute approximate surface area is 255 Å². The summed E-state index contributed by atoms with van der Waals surface area (Å²) >= 11 is 12.6. The Balaban J connectivity index is 1.56. The SMILES string of the molecule is Cc1cc(Cl)cc(C(=O)NCC2CC2)c1NC(=O)C1CC(c2c([N+](=O)[O-])cccc2S(=O)(=O)O)=NN1c1ncccc1Cl. The van der Waals surface area contributed by atoms with E-state index in [4.69, 9.17) is 23.2 Å². The summed E-state index contributed by atoms with van der Waals surface area (Å²) in [5.74, 6) is -0.711. The third-order valence-corrected chi connectivity index (χ3v) is 8.39. The lowest BCUT2D eigenvalue weighted by Crippen LogP contribution is -2.40. The molecule has 43 heavy (non-hydrogen) atoms. The van der Waals surface area contributed by atoms with Crippen molar-refractivity contribution in [2.45, 2.75) is 37.1 Å². The topological polar surface area (TPSA) is 184 Å². The summed E-state index contributed by atoms with van der Waals surface area (Å²) in [5, 5.41) is 23.4. The van der Waals surface area contributed by atoms with Crippen molar-refractivity contribution >= 4 is 68.0 Å². The molecule has 2 heterocycles. The first-order valence-corrected chi connectivity index (χ1v) is 15.2. The molecule has 0 bridgehead atoms. The summed E-state index contributed by atoms with van der Waals surface area (Å²) in [7, 11) is -4.94. The minimum absolute atomic E-state index is 0.0153. The smallest absolute Gasteiger partial charge is 0.295 e. The van der Waals surface area contributed by atoms with Crippen LogP contribution in [0.3, 0.4) is 0 Å². The molecule has 0 saturated heterocycles. The molecule has 2 amide bonds. The molecule has 1 fully saturated rings. The first-order chi connectivity index (χ1) is 20.3. The van der Waals surface area contributed by atoms with Gasteiger partial charge in [0.1, 0.15) is 10.9 Å². The van der Waals surface area contributed by atoms with Gasteiger partial charge in [0.25, 0.3) is 21.7 Å². The van der Waals surface area contributed by atoms with Crippen LogP contribution in [-0.4, -0.2) is 53.0 Å². The van der Waals surface area contributed by atoms with Crippen molar-refractivity contribution in [2.75, 3.05) is 16.9 Å². The zero-order valence-corrected chi connectivity index (χ0v) is 24.8. The number of pyridine rings is 1. The van der Waals surface area contributed by atoms with Gasteiger partial charge in [-0.2, -0.15) is 13.5 Å². The molecular weight excluding hydrogens is 623 g/mol. The van der Waals surface area contributed by atoms with E-state index >= 15 is 0 Å². The highest BCUT2D eigenvalue weighted by Crippen LogP contribution is 2.36. The van der Waals surface area contributed by atoms with Crippen LogP contribution in [0.25, 0.3) is 0 Å². The molecule has 16 heteroatoms. The number of hydrogen-bond donors (Lipinski definition) is 3. The van der Waals surface area contributed by atoms with Crippen LogP contribution in [-0.2, 0) is 14.9 Å². The summed E-state index contributed by atoms with van der Waals surface area (Å²) in [6.07, 6.45) is 3.09. The van der Waals surface area contributed by atoms with E-state index in [1.54, 1.807) is 19.1 Å². The van der Waals surface area contributed by atoms with Crippen LogP contribution in [0.1, 0.15) is 40.7 Å². The Morgan fingerprint density at radius 2 is 1.93 bits per heavy atom. The fourth-order valence-corrected chi connectivity index (χ4v) is 5.94. The first kappa shape index (κ1) is 30.4. The Bertz CT molecular complexity index is 1800. The zero-order valence-electron chi connectivity index (χ0n) is 22.5. The number of nitrogens with one attached hydrogen (secondary N) is 2. The number of rotatable bonds is 9. The number of benzene rings is 2. The number of carbonyl (C=O) groups excluding carboxylic acids is 2. The van der Waals surface area contributed by atoms with Crippen molar-refractivity contribution < 1.29 is 27.5 Å². The number of amides is 2. The van der Waals surface area contributed by atoms with Gasteiger partial charge in [-0.05, 0) is 61.6 Å². The molecule has 1 saturated carbocycles. The van der Waals surface area contributed by atoms with E-state index in [2.05, 4.69) is 20.7 Å². The van der Waals surface area contributed by atoms with Gasteiger partial charge < -0.3 is 10.6 Å². The number of nitro groups is 1. The lowest BCUT2D eigenvalue weighted by atomic mass is 10.0. The number of aryl methyl sites for hydroxylation is 1. The second kappa shape index (κ2) is 11.9. The number of nitro benzene ring substituents is 1. The Kier molecular flexibility index (Phi) is 8.38. The van der Waals surface area contributed by atoms with Crippen LogP contribution in [0.5, 0.6) is 0 Å². The van der Waals surface area contributed by atoms with Crippen LogP contribution in [0.15, 0.2) is 58.7 Å². The Morgan fingerprint density at radius 1 is 1.19 bits per heavy atom. The van der Waals surface area contributed by atoms with Gasteiger partial charge >= 0.3 is 0 Å². The molecule has 1 atom stereocenters. The average Bonchev–Trinajstić information content (AvgIpc) is 3.68. The van der Waals surface area contributed by atoms with Gasteiger partial charge in [0.2, 0.25) is 5.91 Å². The van der Waals surface area contributed by atoms with Crippen molar-refractivity contribution in [3.63, 3.8) is 0 Å². The normalized spacial score (nSPS) is 16.5. The van der Waals surface area contributed by atoms with Gasteiger partial charge in [-0.1, -0.05) is 29.3 Å². The standard InChI is InChI=1S/C27H24Cl2N6O7S/c1-14-10-16(28)11-17(26(36)31-13-15-7-8-15)24(14)32-27(37)21-12-19(33-34(21)25-18(29)4-3-9-30-25)23-20(35(38)39)5-2-6-22(23)43(40,41)42/h2-6,9-11,15,21H,7-8,12-13H2,1H3,(H,31,36)(H,32,37)(H,40,41,42).